The Bertz CT molecular complexity index is 557. The number of urea groups is 1. The van der Waals surface area contributed by atoms with E-state index in [9.17, 15) is 14.7 Å². The number of nitrogens with one attached hydrogen (secondary N) is 1. The van der Waals surface area contributed by atoms with Gasteiger partial charge in [0, 0.05) is 24.7 Å². The van der Waals surface area contributed by atoms with Crippen LogP contribution < -0.4 is 5.32 Å². The van der Waals surface area contributed by atoms with Gasteiger partial charge in [-0.25, -0.2) is 4.79 Å². The van der Waals surface area contributed by atoms with E-state index in [-0.39, 0.29) is 30.2 Å². The van der Waals surface area contributed by atoms with Crippen molar-refractivity contribution in [3.63, 3.8) is 0 Å². The highest BCUT2D eigenvalue weighted by Crippen LogP contribution is 2.39. The Labute approximate surface area is 137 Å². The van der Waals surface area contributed by atoms with Gasteiger partial charge in [0.1, 0.15) is 5.70 Å². The molecule has 2 aliphatic rings. The summed E-state index contributed by atoms with van der Waals surface area (Å²) < 4.78 is 0. The van der Waals surface area contributed by atoms with Gasteiger partial charge in [-0.15, -0.1) is 0 Å². The maximum absolute atomic E-state index is 12.5. The molecule has 2 N–H and O–H groups in total. The van der Waals surface area contributed by atoms with Gasteiger partial charge in [-0.3, -0.25) is 14.7 Å². The zero-order valence-corrected chi connectivity index (χ0v) is 13.8. The highest BCUT2D eigenvalue weighted by molar-refractivity contribution is 6.12. The molecule has 1 aliphatic carbocycles. The van der Waals surface area contributed by atoms with E-state index in [1.54, 1.807) is 18.4 Å². The van der Waals surface area contributed by atoms with Crippen molar-refractivity contribution in [2.45, 2.75) is 39.5 Å². The number of hydrogen-bond donors (Lipinski definition) is 2. The van der Waals surface area contributed by atoms with Gasteiger partial charge in [0.05, 0.1) is 6.61 Å². The van der Waals surface area contributed by atoms with Gasteiger partial charge in [-0.1, -0.05) is 12.8 Å². The first-order chi connectivity index (χ1) is 11.0. The fourth-order valence-corrected chi connectivity index (χ4v) is 3.09. The number of nitrogens with zero attached hydrogens (tertiary/aromatic N) is 2. The summed E-state index contributed by atoms with van der Waals surface area (Å²) in [4.78, 5) is 29.9. The molecule has 0 bridgehead atoms. The third kappa shape index (κ3) is 4.07. The van der Waals surface area contributed by atoms with E-state index >= 15 is 0 Å². The van der Waals surface area contributed by atoms with E-state index in [0.717, 1.165) is 31.3 Å². The lowest BCUT2D eigenvalue weighted by atomic mass is 9.86. The van der Waals surface area contributed by atoms with Crippen LogP contribution in [0, 0.1) is 5.41 Å². The van der Waals surface area contributed by atoms with Gasteiger partial charge in [-0.05, 0) is 44.4 Å². The highest BCUT2D eigenvalue weighted by Gasteiger charge is 2.42. The average Bonchev–Trinajstić information content (AvgIpc) is 3.09. The van der Waals surface area contributed by atoms with Gasteiger partial charge in [-0.2, -0.15) is 0 Å². The number of carbonyl (C=O) groups is 2. The van der Waals surface area contributed by atoms with E-state index in [1.807, 2.05) is 13.8 Å². The normalized spacial score (nSPS) is 23.3. The van der Waals surface area contributed by atoms with Gasteiger partial charge in [0.15, 0.2) is 0 Å². The van der Waals surface area contributed by atoms with Crippen LogP contribution in [0.15, 0.2) is 28.4 Å². The zero-order valence-electron chi connectivity index (χ0n) is 13.8. The summed E-state index contributed by atoms with van der Waals surface area (Å²) in [6.07, 6.45) is 8.91. The molecule has 2 fully saturated rings. The first-order valence-electron chi connectivity index (χ1n) is 8.13. The van der Waals surface area contributed by atoms with Crippen LogP contribution in [-0.2, 0) is 4.79 Å². The Balaban J connectivity index is 2.10. The van der Waals surface area contributed by atoms with E-state index < -0.39 is 6.03 Å². The first-order valence-corrected chi connectivity index (χ1v) is 8.13. The predicted octanol–water partition coefficient (Wildman–Crippen LogP) is 2.01. The second-order valence-corrected chi connectivity index (χ2v) is 6.30. The van der Waals surface area contributed by atoms with Crippen molar-refractivity contribution in [2.24, 2.45) is 10.4 Å². The Morgan fingerprint density at radius 2 is 2.09 bits per heavy atom. The number of allylic oxidation sites excluding steroid dienone is 3. The van der Waals surface area contributed by atoms with Crippen LogP contribution in [0.4, 0.5) is 4.79 Å². The quantitative estimate of drug-likeness (QED) is 0.446. The van der Waals surface area contributed by atoms with Crippen molar-refractivity contribution in [3.8, 4) is 0 Å². The summed E-state index contributed by atoms with van der Waals surface area (Å²) >= 11 is 0. The monoisotopic (exact) mass is 319 g/mol. The summed E-state index contributed by atoms with van der Waals surface area (Å²) in [7, 11) is 0. The lowest BCUT2D eigenvalue weighted by Gasteiger charge is -2.29. The molecule has 6 nitrogen and oxygen atoms in total. The molecule has 126 valence electrons. The Morgan fingerprint density at radius 1 is 1.39 bits per heavy atom. The minimum absolute atomic E-state index is 0.00944. The van der Waals surface area contributed by atoms with Crippen LogP contribution in [0.25, 0.3) is 0 Å². The molecule has 0 atom stereocenters. The van der Waals surface area contributed by atoms with E-state index in [4.69, 9.17) is 0 Å². The minimum atomic E-state index is -0.406. The van der Waals surface area contributed by atoms with Gasteiger partial charge in [0.2, 0.25) is 0 Å². The van der Waals surface area contributed by atoms with E-state index in [0.29, 0.717) is 6.54 Å². The van der Waals surface area contributed by atoms with Gasteiger partial charge in [0.25, 0.3) is 5.91 Å². The van der Waals surface area contributed by atoms with Crippen LogP contribution in [0.3, 0.4) is 0 Å². The third-order valence-electron chi connectivity index (χ3n) is 4.45. The molecular weight excluding hydrogens is 294 g/mol. The average molecular weight is 319 g/mol. The summed E-state index contributed by atoms with van der Waals surface area (Å²) in [5.74, 6) is -0.324. The molecule has 1 saturated carbocycles. The lowest BCUT2D eigenvalue weighted by Crippen LogP contribution is -2.42. The smallest absolute Gasteiger partial charge is 0.329 e. The van der Waals surface area contributed by atoms with Crippen LogP contribution >= 0.6 is 0 Å². The van der Waals surface area contributed by atoms with E-state index in [1.165, 1.54) is 4.90 Å². The molecule has 2 rings (SSSR count). The largest absolute Gasteiger partial charge is 0.396 e. The summed E-state index contributed by atoms with van der Waals surface area (Å²) in [6, 6.07) is -0.406. The molecule has 0 spiro atoms. The van der Waals surface area contributed by atoms with Crippen molar-refractivity contribution >= 4 is 18.2 Å². The molecule has 0 aromatic heterocycles. The van der Waals surface area contributed by atoms with Crippen LogP contribution in [0.5, 0.6) is 0 Å². The number of hydrogen-bond acceptors (Lipinski definition) is 4. The number of aliphatic imine (C=N–C) groups is 1. The zero-order chi connectivity index (χ0) is 16.9. The topological polar surface area (TPSA) is 82.0 Å². The third-order valence-corrected chi connectivity index (χ3v) is 4.45. The molecule has 0 aromatic rings. The molecule has 0 unspecified atom stereocenters. The van der Waals surface area contributed by atoms with Crippen LogP contribution in [0.2, 0.25) is 0 Å². The van der Waals surface area contributed by atoms with Crippen LogP contribution in [0.1, 0.15) is 39.5 Å². The minimum Gasteiger partial charge on any atom is -0.396 e. The fourth-order valence-electron chi connectivity index (χ4n) is 3.09. The molecule has 3 amide bonds. The standard InChI is InChI=1S/C17H25N3O3/c1-3-18-9-6-13(2)10-14-15(22)20(16(23)19-14)11-17(12-21)7-4-5-8-17/h6,9-10,21H,3-5,7-8,11-12H2,1-2H3,(H,19,23). The second-order valence-electron chi connectivity index (χ2n) is 6.30. The maximum atomic E-state index is 12.5. The molecule has 23 heavy (non-hydrogen) atoms. The lowest BCUT2D eigenvalue weighted by molar-refractivity contribution is -0.124. The number of carbonyl (C=O) groups excluding carboxylic acids is 2. The van der Waals surface area contributed by atoms with Crippen molar-refractivity contribution in [2.75, 3.05) is 19.7 Å². The summed E-state index contributed by atoms with van der Waals surface area (Å²) in [6.45, 7) is 4.79. The van der Waals surface area contributed by atoms with Crippen molar-refractivity contribution in [3.05, 3.63) is 23.4 Å². The molecule has 1 saturated heterocycles. The molecule has 6 heteroatoms. The van der Waals surface area contributed by atoms with Crippen LogP contribution in [-0.4, -0.2) is 47.9 Å². The number of aliphatic hydroxyl groups excluding tert-OH is 1. The van der Waals surface area contributed by atoms with E-state index in [2.05, 4.69) is 10.3 Å². The molecular formula is C17H25N3O3. The number of imide groups is 1. The van der Waals surface area contributed by atoms with Gasteiger partial charge >= 0.3 is 6.03 Å². The SMILES string of the molecule is CCN=CC=C(C)C=C1NC(=O)N(CC2(CO)CCCC2)C1=O. The van der Waals surface area contributed by atoms with Crippen molar-refractivity contribution < 1.29 is 14.7 Å². The predicted molar refractivity (Wildman–Crippen MR) is 89.1 cm³/mol. The Hall–Kier alpha value is -1.95. The number of aliphatic hydroxyl groups is 1. The van der Waals surface area contributed by atoms with Gasteiger partial charge < -0.3 is 10.4 Å². The Morgan fingerprint density at radius 3 is 2.70 bits per heavy atom. The molecule has 0 radical (unpaired) electrons. The first kappa shape index (κ1) is 17.4. The fraction of sp³-hybridized carbons (Fsp3) is 0.588. The Kier molecular flexibility index (Phi) is 5.71. The number of rotatable bonds is 6. The number of amides is 3. The maximum Gasteiger partial charge on any atom is 0.329 e. The highest BCUT2D eigenvalue weighted by atomic mass is 16.3. The molecule has 0 aromatic carbocycles. The van der Waals surface area contributed by atoms with Crippen molar-refractivity contribution in [1.82, 2.24) is 10.2 Å². The summed E-state index contributed by atoms with van der Waals surface area (Å²) in [5.41, 5.74) is 0.784. The molecule has 1 heterocycles. The second kappa shape index (κ2) is 7.55. The molecule has 1 aliphatic heterocycles. The van der Waals surface area contributed by atoms with Crippen molar-refractivity contribution in [1.29, 1.82) is 0 Å². The summed E-state index contributed by atoms with van der Waals surface area (Å²) in [5, 5.41) is 12.3.